The molecule has 0 atom stereocenters. The van der Waals surface area contributed by atoms with Crippen molar-refractivity contribution >= 4 is 15.9 Å². The summed E-state index contributed by atoms with van der Waals surface area (Å²) in [7, 11) is 0. The van der Waals surface area contributed by atoms with E-state index in [9.17, 15) is 0 Å². The number of aryl methyl sites for hydroxylation is 1. The summed E-state index contributed by atoms with van der Waals surface area (Å²) in [6, 6.07) is 8.57. The molecule has 0 amide bonds. The van der Waals surface area contributed by atoms with Crippen LogP contribution in [0, 0.1) is 0 Å². The van der Waals surface area contributed by atoms with Crippen molar-refractivity contribution in [3.63, 3.8) is 0 Å². The summed E-state index contributed by atoms with van der Waals surface area (Å²) in [4.78, 5) is 0. The fraction of sp³-hybridized carbons (Fsp3) is 0.667. The van der Waals surface area contributed by atoms with Gasteiger partial charge in [-0.2, -0.15) is 0 Å². The topological polar surface area (TPSA) is 9.23 Å². The molecule has 114 valence electrons. The highest BCUT2D eigenvalue weighted by Crippen LogP contribution is 2.14. The molecule has 0 fully saturated rings. The fourth-order valence-electron chi connectivity index (χ4n) is 2.31. The summed E-state index contributed by atoms with van der Waals surface area (Å²) in [6.45, 7) is 3.07. The van der Waals surface area contributed by atoms with Crippen LogP contribution in [0.4, 0.5) is 0 Å². The van der Waals surface area contributed by atoms with Gasteiger partial charge in [0.05, 0.1) is 6.61 Å². The van der Waals surface area contributed by atoms with Gasteiger partial charge in [-0.15, -0.1) is 0 Å². The Morgan fingerprint density at radius 2 is 1.45 bits per heavy atom. The van der Waals surface area contributed by atoms with Crippen molar-refractivity contribution in [3.8, 4) is 5.75 Å². The van der Waals surface area contributed by atoms with Gasteiger partial charge >= 0.3 is 0 Å². The first kappa shape index (κ1) is 17.6. The SMILES string of the molecule is CCCc1ccc(OCCCCCCCCCBr)cc1. The largest absolute Gasteiger partial charge is 0.494 e. The van der Waals surface area contributed by atoms with Gasteiger partial charge in [0, 0.05) is 5.33 Å². The van der Waals surface area contributed by atoms with Crippen LogP contribution in [0.5, 0.6) is 5.75 Å². The molecule has 0 heterocycles. The number of hydrogen-bond acceptors (Lipinski definition) is 1. The number of ether oxygens (including phenoxy) is 1. The molecule has 0 radical (unpaired) electrons. The first-order valence-electron chi connectivity index (χ1n) is 8.14. The van der Waals surface area contributed by atoms with Crippen molar-refractivity contribution in [1.29, 1.82) is 0 Å². The number of unbranched alkanes of at least 4 members (excludes halogenated alkanes) is 6. The molecule has 1 aromatic rings. The van der Waals surface area contributed by atoms with Crippen LogP contribution in [0.3, 0.4) is 0 Å². The van der Waals surface area contributed by atoms with E-state index in [1.54, 1.807) is 0 Å². The van der Waals surface area contributed by atoms with E-state index in [1.165, 1.54) is 56.9 Å². The van der Waals surface area contributed by atoms with Gasteiger partial charge in [-0.05, 0) is 37.0 Å². The molecule has 1 rings (SSSR count). The Labute approximate surface area is 133 Å². The lowest BCUT2D eigenvalue weighted by Gasteiger charge is -2.07. The molecule has 0 aliphatic rings. The molecule has 0 aliphatic carbocycles. The third-order valence-electron chi connectivity index (χ3n) is 3.51. The van der Waals surface area contributed by atoms with Crippen molar-refractivity contribution in [2.45, 2.75) is 64.7 Å². The maximum atomic E-state index is 5.78. The van der Waals surface area contributed by atoms with Gasteiger partial charge in [-0.3, -0.25) is 0 Å². The Morgan fingerprint density at radius 1 is 0.850 bits per heavy atom. The average Bonchev–Trinajstić information content (AvgIpc) is 2.47. The van der Waals surface area contributed by atoms with E-state index in [1.807, 2.05) is 0 Å². The Hall–Kier alpha value is -0.500. The van der Waals surface area contributed by atoms with E-state index < -0.39 is 0 Å². The lowest BCUT2D eigenvalue weighted by molar-refractivity contribution is 0.304. The summed E-state index contributed by atoms with van der Waals surface area (Å²) in [5.41, 5.74) is 1.41. The maximum Gasteiger partial charge on any atom is 0.119 e. The third kappa shape index (κ3) is 8.63. The smallest absolute Gasteiger partial charge is 0.119 e. The molecule has 0 N–H and O–H groups in total. The van der Waals surface area contributed by atoms with E-state index in [-0.39, 0.29) is 0 Å². The molecule has 0 saturated carbocycles. The van der Waals surface area contributed by atoms with Crippen LogP contribution in [0.2, 0.25) is 0 Å². The van der Waals surface area contributed by atoms with Gasteiger partial charge in [0.25, 0.3) is 0 Å². The van der Waals surface area contributed by atoms with Gasteiger partial charge in [-0.25, -0.2) is 0 Å². The lowest BCUT2D eigenvalue weighted by Crippen LogP contribution is -1.97. The Balaban J connectivity index is 1.98. The molecule has 0 saturated heterocycles. The molecule has 0 spiro atoms. The zero-order valence-corrected chi connectivity index (χ0v) is 14.5. The van der Waals surface area contributed by atoms with Crippen LogP contribution < -0.4 is 4.74 Å². The van der Waals surface area contributed by atoms with Gasteiger partial charge < -0.3 is 4.74 Å². The number of hydrogen-bond donors (Lipinski definition) is 0. The van der Waals surface area contributed by atoms with Crippen molar-refractivity contribution in [3.05, 3.63) is 29.8 Å². The van der Waals surface area contributed by atoms with E-state index in [4.69, 9.17) is 4.74 Å². The predicted octanol–water partition coefficient (Wildman–Crippen LogP) is 6.14. The molecule has 0 aliphatic heterocycles. The van der Waals surface area contributed by atoms with Crippen molar-refractivity contribution in [2.24, 2.45) is 0 Å². The third-order valence-corrected chi connectivity index (χ3v) is 4.07. The quantitative estimate of drug-likeness (QED) is 0.327. The number of benzene rings is 1. The standard InChI is InChI=1S/C18H29BrO/c1-2-10-17-11-13-18(14-12-17)20-16-9-7-5-3-4-6-8-15-19/h11-14H,2-10,15-16H2,1H3. The van der Waals surface area contributed by atoms with Gasteiger partial charge in [-0.1, -0.05) is 73.5 Å². The van der Waals surface area contributed by atoms with E-state index in [0.717, 1.165) is 24.1 Å². The molecular formula is C18H29BrO. The maximum absolute atomic E-state index is 5.78. The molecule has 0 aromatic heterocycles. The summed E-state index contributed by atoms with van der Waals surface area (Å²) < 4.78 is 5.78. The zero-order valence-electron chi connectivity index (χ0n) is 12.9. The van der Waals surface area contributed by atoms with Crippen LogP contribution >= 0.6 is 15.9 Å². The number of alkyl halides is 1. The Bertz CT molecular complexity index is 321. The normalized spacial score (nSPS) is 10.7. The second-order valence-electron chi connectivity index (χ2n) is 5.41. The first-order valence-corrected chi connectivity index (χ1v) is 9.26. The zero-order chi connectivity index (χ0) is 14.5. The van der Waals surface area contributed by atoms with Crippen molar-refractivity contribution in [1.82, 2.24) is 0 Å². The fourth-order valence-corrected chi connectivity index (χ4v) is 2.71. The second-order valence-corrected chi connectivity index (χ2v) is 6.20. The van der Waals surface area contributed by atoms with Crippen molar-refractivity contribution in [2.75, 3.05) is 11.9 Å². The minimum atomic E-state index is 0.856. The van der Waals surface area contributed by atoms with Crippen LogP contribution in [-0.2, 0) is 6.42 Å². The Morgan fingerprint density at radius 3 is 2.05 bits per heavy atom. The second kappa shape index (κ2) is 12.3. The summed E-state index contributed by atoms with van der Waals surface area (Å²) in [5.74, 6) is 1.02. The van der Waals surface area contributed by atoms with Crippen LogP contribution in [0.15, 0.2) is 24.3 Å². The minimum absolute atomic E-state index is 0.856. The molecule has 1 aromatic carbocycles. The molecule has 2 heteroatoms. The highest BCUT2D eigenvalue weighted by molar-refractivity contribution is 9.09. The van der Waals surface area contributed by atoms with Gasteiger partial charge in [0.1, 0.15) is 5.75 Å². The highest BCUT2D eigenvalue weighted by Gasteiger charge is 1.96. The Kier molecular flexibility index (Phi) is 10.8. The van der Waals surface area contributed by atoms with Crippen LogP contribution in [0.25, 0.3) is 0 Å². The monoisotopic (exact) mass is 340 g/mol. The van der Waals surface area contributed by atoms with E-state index >= 15 is 0 Å². The van der Waals surface area contributed by atoms with Crippen LogP contribution in [-0.4, -0.2) is 11.9 Å². The molecule has 20 heavy (non-hydrogen) atoms. The summed E-state index contributed by atoms with van der Waals surface area (Å²) in [5, 5.41) is 1.15. The molecule has 1 nitrogen and oxygen atoms in total. The summed E-state index contributed by atoms with van der Waals surface area (Å²) >= 11 is 3.47. The van der Waals surface area contributed by atoms with Crippen molar-refractivity contribution < 1.29 is 4.74 Å². The van der Waals surface area contributed by atoms with Gasteiger partial charge in [0.2, 0.25) is 0 Å². The molecule has 0 bridgehead atoms. The molecular weight excluding hydrogens is 312 g/mol. The van der Waals surface area contributed by atoms with Crippen LogP contribution in [0.1, 0.15) is 63.9 Å². The van der Waals surface area contributed by atoms with E-state index in [0.29, 0.717) is 0 Å². The number of halogens is 1. The number of rotatable bonds is 12. The minimum Gasteiger partial charge on any atom is -0.494 e. The van der Waals surface area contributed by atoms with Gasteiger partial charge in [0.15, 0.2) is 0 Å². The highest BCUT2D eigenvalue weighted by atomic mass is 79.9. The average molecular weight is 341 g/mol. The molecule has 0 unspecified atom stereocenters. The summed E-state index contributed by atoms with van der Waals surface area (Å²) in [6.07, 6.45) is 11.6. The first-order chi connectivity index (χ1) is 9.86. The van der Waals surface area contributed by atoms with E-state index in [2.05, 4.69) is 47.1 Å². The predicted molar refractivity (Wildman–Crippen MR) is 92.0 cm³/mol. The lowest BCUT2D eigenvalue weighted by atomic mass is 10.1.